The molecule has 0 fully saturated rings. The summed E-state index contributed by atoms with van der Waals surface area (Å²) in [5.41, 5.74) is 0.976. The Morgan fingerprint density at radius 2 is 1.15 bits per heavy atom. The van der Waals surface area contributed by atoms with Crippen molar-refractivity contribution < 1.29 is 32.3 Å². The van der Waals surface area contributed by atoms with Crippen molar-refractivity contribution in [1.82, 2.24) is 0 Å². The summed E-state index contributed by atoms with van der Waals surface area (Å²) in [5.74, 6) is -1.63. The summed E-state index contributed by atoms with van der Waals surface area (Å²) in [4.78, 5) is 35.6. The second-order valence-electron chi connectivity index (χ2n) is 6.86. The van der Waals surface area contributed by atoms with Crippen LogP contribution in [-0.4, -0.2) is 40.6 Å². The molecular formula is C23H21N3O7S. The summed E-state index contributed by atoms with van der Waals surface area (Å²) in [5, 5.41) is 5.30. The molecule has 34 heavy (non-hydrogen) atoms. The van der Waals surface area contributed by atoms with Gasteiger partial charge in [-0.2, -0.15) is 0 Å². The molecule has 0 bridgehead atoms. The van der Waals surface area contributed by atoms with Crippen molar-refractivity contribution >= 4 is 45.1 Å². The first-order valence-corrected chi connectivity index (χ1v) is 11.3. The Kier molecular flexibility index (Phi) is 7.49. The minimum Gasteiger partial charge on any atom is -0.465 e. The molecule has 0 saturated heterocycles. The van der Waals surface area contributed by atoms with E-state index < -0.39 is 28.0 Å². The van der Waals surface area contributed by atoms with Gasteiger partial charge in [0.1, 0.15) is 0 Å². The van der Waals surface area contributed by atoms with E-state index in [-0.39, 0.29) is 21.7 Å². The normalized spacial score (nSPS) is 10.6. The number of carbonyl (C=O) groups is 3. The van der Waals surface area contributed by atoms with Crippen LogP contribution in [0, 0.1) is 0 Å². The van der Waals surface area contributed by atoms with E-state index >= 15 is 0 Å². The van der Waals surface area contributed by atoms with Crippen LogP contribution in [0.15, 0.2) is 77.7 Å². The number of ether oxygens (including phenoxy) is 2. The summed E-state index contributed by atoms with van der Waals surface area (Å²) in [6.07, 6.45) is 0. The van der Waals surface area contributed by atoms with Gasteiger partial charge in [0.05, 0.1) is 30.2 Å². The number of urea groups is 1. The quantitative estimate of drug-likeness (QED) is 0.435. The molecule has 0 aliphatic carbocycles. The lowest BCUT2D eigenvalue weighted by atomic mass is 10.1. The maximum atomic E-state index is 12.9. The van der Waals surface area contributed by atoms with Crippen LogP contribution < -0.4 is 15.4 Å². The maximum absolute atomic E-state index is 12.9. The molecule has 10 nitrogen and oxygen atoms in total. The Hall–Kier alpha value is -4.38. The van der Waals surface area contributed by atoms with Crippen LogP contribution >= 0.6 is 0 Å². The lowest BCUT2D eigenvalue weighted by molar-refractivity contribution is 0.0598. The van der Waals surface area contributed by atoms with Crippen molar-refractivity contribution in [3.05, 3.63) is 83.9 Å². The van der Waals surface area contributed by atoms with Gasteiger partial charge in [0.15, 0.2) is 0 Å². The summed E-state index contributed by atoms with van der Waals surface area (Å²) in [7, 11) is -1.92. The van der Waals surface area contributed by atoms with Crippen molar-refractivity contribution in [2.75, 3.05) is 29.6 Å². The molecule has 0 heterocycles. The van der Waals surface area contributed by atoms with Crippen LogP contribution in [-0.2, 0) is 19.5 Å². The van der Waals surface area contributed by atoms with Crippen molar-refractivity contribution in [1.29, 1.82) is 0 Å². The number of methoxy groups -OCH3 is 2. The number of nitrogens with one attached hydrogen (secondary N) is 3. The topological polar surface area (TPSA) is 140 Å². The molecule has 0 saturated carbocycles. The fourth-order valence-corrected chi connectivity index (χ4v) is 4.00. The Balaban J connectivity index is 1.76. The van der Waals surface area contributed by atoms with E-state index in [1.165, 1.54) is 30.3 Å². The average molecular weight is 484 g/mol. The molecule has 0 unspecified atom stereocenters. The second kappa shape index (κ2) is 10.5. The smallest absolute Gasteiger partial charge is 0.337 e. The van der Waals surface area contributed by atoms with Crippen LogP contribution in [0.3, 0.4) is 0 Å². The molecule has 0 atom stereocenters. The summed E-state index contributed by atoms with van der Waals surface area (Å²) in [6.45, 7) is 0. The standard InChI is InChI=1S/C23H21N3O7S/c1-32-21(27)15-12-16(22(28)33-2)14-20(13-15)34(30,31)26-19-10-8-18(9-11-19)25-23(29)24-17-6-4-3-5-7-17/h3-14,26H,1-2H3,(H2,24,25,29). The molecule has 176 valence electrons. The van der Waals surface area contributed by atoms with Gasteiger partial charge in [0.2, 0.25) is 0 Å². The molecule has 3 aromatic carbocycles. The van der Waals surface area contributed by atoms with Gasteiger partial charge >= 0.3 is 18.0 Å². The number of anilines is 3. The zero-order chi connectivity index (χ0) is 24.7. The molecule has 3 N–H and O–H groups in total. The third-order valence-corrected chi connectivity index (χ3v) is 5.85. The van der Waals surface area contributed by atoms with Crippen LogP contribution in [0.5, 0.6) is 0 Å². The monoisotopic (exact) mass is 483 g/mol. The minimum absolute atomic E-state index is 0.130. The average Bonchev–Trinajstić information content (AvgIpc) is 2.84. The highest BCUT2D eigenvalue weighted by Crippen LogP contribution is 2.22. The lowest BCUT2D eigenvalue weighted by Crippen LogP contribution is -2.19. The molecule has 0 aromatic heterocycles. The number of carbonyl (C=O) groups excluding carboxylic acids is 3. The highest BCUT2D eigenvalue weighted by atomic mass is 32.2. The third kappa shape index (κ3) is 6.11. The predicted octanol–water partition coefficient (Wildman–Crippen LogP) is 3.70. The predicted molar refractivity (Wildman–Crippen MR) is 125 cm³/mol. The molecule has 11 heteroatoms. The molecule has 0 radical (unpaired) electrons. The number of sulfonamides is 1. The van der Waals surface area contributed by atoms with Gasteiger partial charge in [0.25, 0.3) is 10.0 Å². The van der Waals surface area contributed by atoms with Gasteiger partial charge in [-0.15, -0.1) is 0 Å². The van der Waals surface area contributed by atoms with Crippen molar-refractivity contribution in [3.63, 3.8) is 0 Å². The summed E-state index contributed by atoms with van der Waals surface area (Å²) >= 11 is 0. The van der Waals surface area contributed by atoms with E-state index in [2.05, 4.69) is 24.8 Å². The van der Waals surface area contributed by atoms with E-state index in [0.29, 0.717) is 11.4 Å². The molecule has 3 aromatic rings. The van der Waals surface area contributed by atoms with E-state index in [0.717, 1.165) is 26.4 Å². The van der Waals surface area contributed by atoms with Gasteiger partial charge in [-0.25, -0.2) is 22.8 Å². The van der Waals surface area contributed by atoms with E-state index in [1.54, 1.807) is 24.3 Å². The first-order valence-electron chi connectivity index (χ1n) is 9.79. The van der Waals surface area contributed by atoms with Crippen molar-refractivity contribution in [2.45, 2.75) is 4.90 Å². The molecular weight excluding hydrogens is 462 g/mol. The maximum Gasteiger partial charge on any atom is 0.337 e. The largest absolute Gasteiger partial charge is 0.465 e. The number of amides is 2. The van der Waals surface area contributed by atoms with Crippen LogP contribution in [0.25, 0.3) is 0 Å². The highest BCUT2D eigenvalue weighted by Gasteiger charge is 2.21. The summed E-state index contributed by atoms with van der Waals surface area (Å²) in [6, 6.07) is 17.7. The van der Waals surface area contributed by atoms with Crippen LogP contribution in [0.1, 0.15) is 20.7 Å². The number of rotatable bonds is 7. The van der Waals surface area contributed by atoms with Crippen molar-refractivity contribution in [3.8, 4) is 0 Å². The molecule has 0 spiro atoms. The van der Waals surface area contributed by atoms with Gasteiger partial charge in [-0.3, -0.25) is 4.72 Å². The third-order valence-electron chi connectivity index (χ3n) is 4.49. The zero-order valence-corrected chi connectivity index (χ0v) is 19.0. The molecule has 0 aliphatic rings. The number of hydrogen-bond donors (Lipinski definition) is 3. The number of benzene rings is 3. The Bertz CT molecular complexity index is 1270. The summed E-state index contributed by atoms with van der Waals surface area (Å²) < 4.78 is 37.4. The van der Waals surface area contributed by atoms with E-state index in [1.807, 2.05) is 6.07 Å². The van der Waals surface area contributed by atoms with E-state index in [9.17, 15) is 22.8 Å². The minimum atomic E-state index is -4.18. The molecule has 2 amide bonds. The van der Waals surface area contributed by atoms with Gasteiger partial charge in [-0.1, -0.05) is 18.2 Å². The SMILES string of the molecule is COC(=O)c1cc(C(=O)OC)cc(S(=O)(=O)Nc2ccc(NC(=O)Nc3ccccc3)cc2)c1. The zero-order valence-electron chi connectivity index (χ0n) is 18.2. The Morgan fingerprint density at radius 3 is 1.65 bits per heavy atom. The molecule has 0 aliphatic heterocycles. The number of hydrogen-bond acceptors (Lipinski definition) is 7. The fourth-order valence-electron chi connectivity index (χ4n) is 2.88. The Labute approximate surface area is 195 Å². The van der Waals surface area contributed by atoms with E-state index in [4.69, 9.17) is 0 Å². The molecule has 3 rings (SSSR count). The number of para-hydroxylation sites is 1. The first-order chi connectivity index (χ1) is 16.2. The fraction of sp³-hybridized carbons (Fsp3) is 0.0870. The van der Waals surface area contributed by atoms with Crippen LogP contribution in [0.2, 0.25) is 0 Å². The lowest BCUT2D eigenvalue weighted by Gasteiger charge is -2.12. The Morgan fingerprint density at radius 1 is 0.676 bits per heavy atom. The van der Waals surface area contributed by atoms with Crippen molar-refractivity contribution in [2.24, 2.45) is 0 Å². The number of esters is 2. The van der Waals surface area contributed by atoms with Crippen LogP contribution in [0.4, 0.5) is 21.9 Å². The highest BCUT2D eigenvalue weighted by molar-refractivity contribution is 7.92. The van der Waals surface area contributed by atoms with Gasteiger partial charge in [0, 0.05) is 17.1 Å². The first kappa shape index (κ1) is 24.3. The second-order valence-corrected chi connectivity index (χ2v) is 8.54. The van der Waals surface area contributed by atoms with Gasteiger partial charge < -0.3 is 20.1 Å². The van der Waals surface area contributed by atoms with Gasteiger partial charge in [-0.05, 0) is 54.6 Å².